The molecule has 7 nitrogen and oxygen atoms in total. The minimum atomic E-state index is -4.38. The highest BCUT2D eigenvalue weighted by molar-refractivity contribution is 7.45. The molecule has 52 heavy (non-hydrogen) atoms. The van der Waals surface area contributed by atoms with Gasteiger partial charge >= 0.3 is 0 Å². The minimum absolute atomic E-state index is 0.0602. The number of rotatable bonds is 34. The van der Waals surface area contributed by atoms with Crippen molar-refractivity contribution < 1.29 is 32.5 Å². The topological polar surface area (TPSA) is 77.1 Å². The summed E-state index contributed by atoms with van der Waals surface area (Å²) in [6, 6.07) is 0. The van der Waals surface area contributed by atoms with Crippen LogP contribution < -0.4 is 4.89 Å². The number of fused-ring (bicyclic) bond motifs is 7. The summed E-state index contributed by atoms with van der Waals surface area (Å²) >= 11 is 0. The molecule has 8 heteroatoms. The molecule has 0 amide bonds. The van der Waals surface area contributed by atoms with Gasteiger partial charge in [-0.1, -0.05) is 135 Å². The van der Waals surface area contributed by atoms with E-state index in [-0.39, 0.29) is 13.2 Å². The first-order chi connectivity index (χ1) is 25.2. The first kappa shape index (κ1) is 44.7. The Bertz CT molecular complexity index is 969. The van der Waals surface area contributed by atoms with Gasteiger partial charge in [-0.25, -0.2) is 0 Å². The number of phosphoric acid groups is 1. The molecule has 0 aromatic rings. The molecule has 0 N–H and O–H groups in total. The number of hydrogen-bond donors (Lipinski definition) is 0. The maximum absolute atomic E-state index is 12.4. The second kappa shape index (κ2) is 24.6. The zero-order chi connectivity index (χ0) is 37.1. The third kappa shape index (κ3) is 16.2. The summed E-state index contributed by atoms with van der Waals surface area (Å²) in [7, 11) is 1.63. The molecule has 0 spiro atoms. The number of nitrogens with zero attached hydrogens (tertiary/aromatic N) is 1. The number of unbranched alkanes of at least 4 members (excludes halogenated alkanes) is 18. The fourth-order valence-electron chi connectivity index (χ4n) is 10.4. The average Bonchev–Trinajstić information content (AvgIpc) is 3.09. The predicted octanol–water partition coefficient (Wildman–Crippen LogP) is 11.1. The van der Waals surface area contributed by atoms with E-state index in [1.54, 1.807) is 25.7 Å². The molecular weight excluding hydrogens is 669 g/mol. The van der Waals surface area contributed by atoms with E-state index >= 15 is 0 Å². The predicted molar refractivity (Wildman–Crippen MR) is 213 cm³/mol. The largest absolute Gasteiger partial charge is 0.756 e. The molecular formula is C44H84NO6P. The quantitative estimate of drug-likeness (QED) is 0.0370. The standard InChI is InChI=1S/C44H84NO6P/c1-5-6-7-8-9-10-11-12-13-14-15-17-20-23-31-48-35-38(36-51-52(46,47)50-33-30-45(2,3)4)49-32-24-21-18-16-19-22-25-37-26-27-41-42(34-37)44-40-29-28-39(40)43(41)44/h37-44H,5-36H2,1-4H3/t37?,38-,39?,40?,41?,42?,43?,44?/m1/s1. The van der Waals surface area contributed by atoms with Crippen molar-refractivity contribution in [2.24, 2.45) is 41.4 Å². The molecule has 0 radical (unpaired) electrons. The number of phosphoric ester groups is 1. The molecule has 0 saturated heterocycles. The van der Waals surface area contributed by atoms with E-state index in [2.05, 4.69) is 6.92 Å². The summed E-state index contributed by atoms with van der Waals surface area (Å²) in [5.74, 6) is 7.93. The van der Waals surface area contributed by atoms with Gasteiger partial charge in [0.1, 0.15) is 19.3 Å². The van der Waals surface area contributed by atoms with E-state index in [9.17, 15) is 9.46 Å². The first-order valence-corrected chi connectivity index (χ1v) is 24.2. The van der Waals surface area contributed by atoms with Crippen molar-refractivity contribution in [1.82, 2.24) is 0 Å². The van der Waals surface area contributed by atoms with Crippen LogP contribution in [0.25, 0.3) is 0 Å². The summed E-state index contributed by atoms with van der Waals surface area (Å²) < 4.78 is 35.5. The van der Waals surface area contributed by atoms with Crippen LogP contribution in [0.1, 0.15) is 174 Å². The second-order valence-corrected chi connectivity index (χ2v) is 20.1. The van der Waals surface area contributed by atoms with Crippen molar-refractivity contribution in [2.45, 2.75) is 180 Å². The fraction of sp³-hybridized carbons (Fsp3) is 1.00. The molecule has 9 atom stereocenters. The van der Waals surface area contributed by atoms with Crippen molar-refractivity contribution in [3.63, 3.8) is 0 Å². The number of likely N-dealkylation sites (N-methyl/N-ethyl adjacent to an activating group) is 1. The summed E-state index contributed by atoms with van der Waals surface area (Å²) in [5.41, 5.74) is 0. The number of quaternary nitrogens is 1. The van der Waals surface area contributed by atoms with Gasteiger partial charge in [0, 0.05) is 13.2 Å². The van der Waals surface area contributed by atoms with Crippen LogP contribution in [-0.4, -0.2) is 71.3 Å². The molecule has 4 rings (SSSR count). The average molecular weight is 754 g/mol. The monoisotopic (exact) mass is 754 g/mol. The molecule has 0 bridgehead atoms. The van der Waals surface area contributed by atoms with Gasteiger partial charge in [-0.05, 0) is 80.0 Å². The molecule has 0 aliphatic heterocycles. The Morgan fingerprint density at radius 3 is 1.67 bits per heavy atom. The van der Waals surface area contributed by atoms with E-state index < -0.39 is 13.9 Å². The van der Waals surface area contributed by atoms with Crippen LogP contribution >= 0.6 is 7.82 Å². The van der Waals surface area contributed by atoms with E-state index in [4.69, 9.17) is 18.5 Å². The lowest BCUT2D eigenvalue weighted by atomic mass is 9.30. The van der Waals surface area contributed by atoms with Crippen LogP contribution in [0.2, 0.25) is 0 Å². The second-order valence-electron chi connectivity index (χ2n) is 18.7. The van der Waals surface area contributed by atoms with E-state index in [1.807, 2.05) is 21.1 Å². The summed E-state index contributed by atoms with van der Waals surface area (Å²) in [6.07, 6.45) is 34.9. The molecule has 0 aromatic carbocycles. The first-order valence-electron chi connectivity index (χ1n) is 22.8. The number of hydrogen-bond acceptors (Lipinski definition) is 6. The molecule has 4 saturated carbocycles. The lowest BCUT2D eigenvalue weighted by molar-refractivity contribution is -0.870. The third-order valence-electron chi connectivity index (χ3n) is 13.6. The van der Waals surface area contributed by atoms with Gasteiger partial charge in [-0.2, -0.15) is 0 Å². The lowest BCUT2D eigenvalue weighted by Crippen LogP contribution is -2.69. The lowest BCUT2D eigenvalue weighted by Gasteiger charge is -2.74. The highest BCUT2D eigenvalue weighted by atomic mass is 31.2. The Kier molecular flexibility index (Phi) is 21.1. The van der Waals surface area contributed by atoms with Gasteiger partial charge < -0.3 is 27.9 Å². The molecule has 4 fully saturated rings. The van der Waals surface area contributed by atoms with Crippen LogP contribution in [0.5, 0.6) is 0 Å². The van der Waals surface area contributed by atoms with Gasteiger partial charge in [0.05, 0.1) is 34.4 Å². The van der Waals surface area contributed by atoms with Crippen molar-refractivity contribution in [3.8, 4) is 0 Å². The van der Waals surface area contributed by atoms with Gasteiger partial charge in [0.15, 0.2) is 0 Å². The molecule has 0 aromatic heterocycles. The van der Waals surface area contributed by atoms with Crippen LogP contribution in [0.15, 0.2) is 0 Å². The summed E-state index contributed by atoms with van der Waals surface area (Å²) in [4.78, 5) is 12.4. The van der Waals surface area contributed by atoms with Crippen molar-refractivity contribution >= 4 is 7.82 Å². The van der Waals surface area contributed by atoms with Crippen LogP contribution in [-0.2, 0) is 23.1 Å². The smallest absolute Gasteiger partial charge is 0.268 e. The van der Waals surface area contributed by atoms with E-state index in [1.165, 1.54) is 134 Å². The van der Waals surface area contributed by atoms with Gasteiger partial charge in [0.25, 0.3) is 7.82 Å². The Morgan fingerprint density at radius 1 is 0.596 bits per heavy atom. The van der Waals surface area contributed by atoms with Gasteiger partial charge in [-0.15, -0.1) is 0 Å². The molecule has 0 heterocycles. The Morgan fingerprint density at radius 2 is 1.10 bits per heavy atom. The Balaban J connectivity index is 0.987. The zero-order valence-corrected chi connectivity index (χ0v) is 35.5. The van der Waals surface area contributed by atoms with Crippen molar-refractivity contribution in [2.75, 3.05) is 60.7 Å². The molecule has 8 unspecified atom stereocenters. The van der Waals surface area contributed by atoms with Crippen LogP contribution in [0.4, 0.5) is 0 Å². The minimum Gasteiger partial charge on any atom is -0.756 e. The Labute approximate surface area is 321 Å². The van der Waals surface area contributed by atoms with Crippen LogP contribution in [0, 0.1) is 41.4 Å². The number of ether oxygens (including phenoxy) is 2. The third-order valence-corrected chi connectivity index (χ3v) is 14.6. The highest BCUT2D eigenvalue weighted by Crippen LogP contribution is 2.74. The zero-order valence-electron chi connectivity index (χ0n) is 34.6. The molecule has 306 valence electrons. The van der Waals surface area contributed by atoms with Gasteiger partial charge in [0.2, 0.25) is 0 Å². The van der Waals surface area contributed by atoms with Gasteiger partial charge in [-0.3, -0.25) is 4.57 Å². The Hall–Kier alpha value is -0.0100. The summed E-state index contributed by atoms with van der Waals surface area (Å²) in [5, 5.41) is 0. The normalized spacial score (nSPS) is 28.1. The molecule has 4 aliphatic carbocycles. The van der Waals surface area contributed by atoms with E-state index in [0.29, 0.717) is 30.8 Å². The molecule has 4 aliphatic rings. The SMILES string of the molecule is CCCCCCCCCCCCCCCCOC[C@H](COP(=O)([O-])OCC[N+](C)(C)C)OCCCCCCCCC1CCC2C(C1)C1C3CCC3C21. The highest BCUT2D eigenvalue weighted by Gasteiger charge is 2.68. The fourth-order valence-corrected chi connectivity index (χ4v) is 11.1. The maximum atomic E-state index is 12.4. The van der Waals surface area contributed by atoms with E-state index in [0.717, 1.165) is 48.9 Å². The van der Waals surface area contributed by atoms with Crippen molar-refractivity contribution in [3.05, 3.63) is 0 Å². The van der Waals surface area contributed by atoms with Crippen LogP contribution in [0.3, 0.4) is 0 Å². The summed E-state index contributed by atoms with van der Waals surface area (Å²) in [6.45, 7) is 4.55. The van der Waals surface area contributed by atoms with Crippen molar-refractivity contribution in [1.29, 1.82) is 0 Å². The maximum Gasteiger partial charge on any atom is 0.268 e.